The zero-order chi connectivity index (χ0) is 14.2. The average Bonchev–Trinajstić information content (AvgIpc) is 3.07. The second-order valence-electron chi connectivity index (χ2n) is 5.47. The van der Waals surface area contributed by atoms with Crippen LogP contribution in [-0.2, 0) is 6.42 Å². The van der Waals surface area contributed by atoms with Crippen molar-refractivity contribution in [3.8, 4) is 5.75 Å². The lowest BCUT2D eigenvalue weighted by molar-refractivity contribution is 0.254. The van der Waals surface area contributed by atoms with E-state index >= 15 is 0 Å². The number of hydrogen-bond acceptors (Lipinski definition) is 4. The Bertz CT molecular complexity index is 735. The molecule has 2 atom stereocenters. The van der Waals surface area contributed by atoms with Crippen molar-refractivity contribution in [3.63, 3.8) is 0 Å². The van der Waals surface area contributed by atoms with Crippen molar-refractivity contribution in [2.45, 2.75) is 24.8 Å². The first kappa shape index (κ1) is 12.9. The minimum absolute atomic E-state index is 0.0691. The number of nitrogens with two attached hydrogens (primary N) is 1. The largest absolute Gasteiger partial charge is 0.493 e. The average molecular weight is 299 g/mol. The number of aromatic nitrogens is 2. The van der Waals surface area contributed by atoms with Crippen LogP contribution in [0.1, 0.15) is 23.6 Å². The van der Waals surface area contributed by atoms with E-state index in [1.807, 2.05) is 23.7 Å². The number of rotatable bonds is 3. The highest BCUT2D eigenvalue weighted by Crippen LogP contribution is 2.35. The molecule has 4 rings (SSSR count). The molecule has 0 bridgehead atoms. The molecule has 0 aliphatic carbocycles. The minimum Gasteiger partial charge on any atom is -0.493 e. The minimum atomic E-state index is 0.0691. The summed E-state index contributed by atoms with van der Waals surface area (Å²) in [6.45, 7) is 0.744. The molecule has 1 aliphatic heterocycles. The Morgan fingerprint density at radius 1 is 1.43 bits per heavy atom. The van der Waals surface area contributed by atoms with Gasteiger partial charge >= 0.3 is 0 Å². The summed E-state index contributed by atoms with van der Waals surface area (Å²) in [5.41, 5.74) is 8.79. The molecule has 2 unspecified atom stereocenters. The van der Waals surface area contributed by atoms with Gasteiger partial charge in [0.2, 0.25) is 0 Å². The summed E-state index contributed by atoms with van der Waals surface area (Å²) < 4.78 is 7.78. The number of nitrogens with zero attached hydrogens (tertiary/aromatic N) is 2. The monoisotopic (exact) mass is 299 g/mol. The zero-order valence-corrected chi connectivity index (χ0v) is 12.4. The maximum Gasteiger partial charge on any atom is 0.193 e. The summed E-state index contributed by atoms with van der Waals surface area (Å²) in [5, 5.41) is 2.04. The third kappa shape index (κ3) is 2.32. The maximum absolute atomic E-state index is 6.48. The van der Waals surface area contributed by atoms with Gasteiger partial charge in [-0.05, 0) is 18.1 Å². The molecular formula is C16H17N3OS. The first-order valence-corrected chi connectivity index (χ1v) is 8.07. The molecule has 0 saturated heterocycles. The lowest BCUT2D eigenvalue weighted by atomic mass is 9.85. The van der Waals surface area contributed by atoms with Crippen molar-refractivity contribution in [1.82, 2.24) is 9.38 Å². The van der Waals surface area contributed by atoms with E-state index in [0.717, 1.165) is 35.9 Å². The molecule has 0 amide bonds. The third-order valence-electron chi connectivity index (χ3n) is 4.11. The van der Waals surface area contributed by atoms with Gasteiger partial charge in [0, 0.05) is 36.2 Å². The van der Waals surface area contributed by atoms with Crippen molar-refractivity contribution >= 4 is 16.3 Å². The SMILES string of the molecule is NC(Cc1cn2ccsc2n1)C1CCOc2ccccc21. The van der Waals surface area contributed by atoms with E-state index in [0.29, 0.717) is 5.92 Å². The van der Waals surface area contributed by atoms with Crippen molar-refractivity contribution in [2.75, 3.05) is 6.61 Å². The van der Waals surface area contributed by atoms with Crippen LogP contribution in [0.4, 0.5) is 0 Å². The molecule has 1 aliphatic rings. The normalized spacial score (nSPS) is 19.2. The number of benzene rings is 1. The fraction of sp³-hybridized carbons (Fsp3) is 0.312. The van der Waals surface area contributed by atoms with E-state index in [1.165, 1.54) is 5.56 Å². The van der Waals surface area contributed by atoms with Gasteiger partial charge in [0.1, 0.15) is 5.75 Å². The highest BCUT2D eigenvalue weighted by molar-refractivity contribution is 7.15. The van der Waals surface area contributed by atoms with Crippen molar-refractivity contribution in [1.29, 1.82) is 0 Å². The molecule has 21 heavy (non-hydrogen) atoms. The summed E-state index contributed by atoms with van der Waals surface area (Å²) in [7, 11) is 0. The summed E-state index contributed by atoms with van der Waals surface area (Å²) >= 11 is 1.65. The van der Waals surface area contributed by atoms with Crippen LogP contribution in [-0.4, -0.2) is 22.0 Å². The van der Waals surface area contributed by atoms with Crippen LogP contribution < -0.4 is 10.5 Å². The number of para-hydroxylation sites is 1. The Morgan fingerprint density at radius 2 is 2.33 bits per heavy atom. The Morgan fingerprint density at radius 3 is 3.24 bits per heavy atom. The second kappa shape index (κ2) is 5.16. The van der Waals surface area contributed by atoms with Crippen molar-refractivity contribution in [3.05, 3.63) is 53.3 Å². The van der Waals surface area contributed by atoms with E-state index in [-0.39, 0.29) is 6.04 Å². The highest BCUT2D eigenvalue weighted by Gasteiger charge is 2.27. The van der Waals surface area contributed by atoms with E-state index < -0.39 is 0 Å². The highest BCUT2D eigenvalue weighted by atomic mass is 32.1. The molecule has 1 aromatic carbocycles. The molecule has 108 valence electrons. The van der Waals surface area contributed by atoms with Gasteiger partial charge in [0.05, 0.1) is 12.3 Å². The van der Waals surface area contributed by atoms with Gasteiger partial charge in [-0.3, -0.25) is 4.40 Å². The fourth-order valence-electron chi connectivity index (χ4n) is 3.07. The molecule has 5 heteroatoms. The quantitative estimate of drug-likeness (QED) is 0.809. The number of fused-ring (bicyclic) bond motifs is 2. The number of thiazole rings is 1. The van der Waals surface area contributed by atoms with Crippen LogP contribution in [0.3, 0.4) is 0 Å². The molecule has 0 fully saturated rings. The zero-order valence-electron chi connectivity index (χ0n) is 11.6. The summed E-state index contributed by atoms with van der Waals surface area (Å²) in [6, 6.07) is 8.29. The van der Waals surface area contributed by atoms with E-state index in [4.69, 9.17) is 10.5 Å². The van der Waals surface area contributed by atoms with Crippen molar-refractivity contribution < 1.29 is 4.74 Å². The van der Waals surface area contributed by atoms with E-state index in [2.05, 4.69) is 27.7 Å². The molecule has 2 aromatic heterocycles. The second-order valence-corrected chi connectivity index (χ2v) is 6.35. The Hall–Kier alpha value is -1.85. The molecule has 0 saturated carbocycles. The Kier molecular flexibility index (Phi) is 3.16. The predicted molar refractivity (Wildman–Crippen MR) is 84.0 cm³/mol. The van der Waals surface area contributed by atoms with Crippen LogP contribution in [0.5, 0.6) is 5.75 Å². The van der Waals surface area contributed by atoms with Crippen LogP contribution in [0.15, 0.2) is 42.0 Å². The fourth-order valence-corrected chi connectivity index (χ4v) is 3.79. The molecule has 2 N–H and O–H groups in total. The first-order valence-electron chi connectivity index (χ1n) is 7.19. The van der Waals surface area contributed by atoms with Gasteiger partial charge in [-0.2, -0.15) is 0 Å². The molecular weight excluding hydrogens is 282 g/mol. The Labute approximate surface area is 127 Å². The summed E-state index contributed by atoms with van der Waals surface area (Å²) in [4.78, 5) is 5.67. The topological polar surface area (TPSA) is 52.5 Å². The molecule has 0 radical (unpaired) electrons. The Balaban J connectivity index is 1.57. The van der Waals surface area contributed by atoms with E-state index in [9.17, 15) is 0 Å². The van der Waals surface area contributed by atoms with Gasteiger partial charge in [-0.25, -0.2) is 4.98 Å². The van der Waals surface area contributed by atoms with Gasteiger partial charge in [0.25, 0.3) is 0 Å². The standard InChI is InChI=1S/C16H17N3OS/c17-14(9-11-10-19-6-8-21-16(19)18-11)12-5-7-20-15-4-2-1-3-13(12)15/h1-4,6,8,10,12,14H,5,7,9,17H2. The van der Waals surface area contributed by atoms with Crippen LogP contribution >= 0.6 is 11.3 Å². The van der Waals surface area contributed by atoms with Gasteiger partial charge in [-0.15, -0.1) is 11.3 Å². The molecule has 3 heterocycles. The van der Waals surface area contributed by atoms with Gasteiger partial charge < -0.3 is 10.5 Å². The maximum atomic E-state index is 6.48. The molecule has 3 aromatic rings. The van der Waals surface area contributed by atoms with Gasteiger partial charge in [0.15, 0.2) is 4.96 Å². The lowest BCUT2D eigenvalue weighted by Crippen LogP contribution is -2.34. The van der Waals surface area contributed by atoms with Gasteiger partial charge in [-0.1, -0.05) is 18.2 Å². The number of ether oxygens (including phenoxy) is 1. The first-order chi connectivity index (χ1) is 10.3. The third-order valence-corrected chi connectivity index (χ3v) is 4.88. The summed E-state index contributed by atoms with van der Waals surface area (Å²) in [6.07, 6.45) is 5.89. The van der Waals surface area contributed by atoms with Crippen LogP contribution in [0, 0.1) is 0 Å². The van der Waals surface area contributed by atoms with Crippen molar-refractivity contribution in [2.24, 2.45) is 5.73 Å². The van der Waals surface area contributed by atoms with E-state index in [1.54, 1.807) is 11.3 Å². The van der Waals surface area contributed by atoms with Crippen LogP contribution in [0.25, 0.3) is 4.96 Å². The lowest BCUT2D eigenvalue weighted by Gasteiger charge is -2.30. The molecule has 4 nitrogen and oxygen atoms in total. The predicted octanol–water partition coefficient (Wildman–Crippen LogP) is 2.83. The number of imidazole rings is 1. The van der Waals surface area contributed by atoms with Crippen LogP contribution in [0.2, 0.25) is 0 Å². The smallest absolute Gasteiger partial charge is 0.193 e. The number of hydrogen-bond donors (Lipinski definition) is 1. The summed E-state index contributed by atoms with van der Waals surface area (Å²) in [5.74, 6) is 1.32. The molecule has 0 spiro atoms.